The van der Waals surface area contributed by atoms with Gasteiger partial charge in [-0.3, -0.25) is 0 Å². The van der Waals surface area contributed by atoms with Gasteiger partial charge in [0.15, 0.2) is 0 Å². The highest BCUT2D eigenvalue weighted by atomic mass is 19.4. The zero-order chi connectivity index (χ0) is 20.1. The highest BCUT2D eigenvalue weighted by Gasteiger charge is 2.31. The van der Waals surface area contributed by atoms with Crippen LogP contribution in [0.5, 0.6) is 5.75 Å². The molecule has 1 aliphatic rings. The van der Waals surface area contributed by atoms with E-state index in [2.05, 4.69) is 11.7 Å². The molecule has 0 amide bonds. The van der Waals surface area contributed by atoms with Gasteiger partial charge < -0.3 is 4.74 Å². The van der Waals surface area contributed by atoms with Crippen molar-refractivity contribution in [1.29, 1.82) is 0 Å². The summed E-state index contributed by atoms with van der Waals surface area (Å²) in [6, 6.07) is 10.0. The third-order valence-electron chi connectivity index (χ3n) is 5.46. The lowest BCUT2D eigenvalue weighted by Crippen LogP contribution is -2.18. The van der Waals surface area contributed by atoms with Gasteiger partial charge in [0, 0.05) is 0 Å². The summed E-state index contributed by atoms with van der Waals surface area (Å²) in [5, 5.41) is 0. The van der Waals surface area contributed by atoms with Gasteiger partial charge >= 0.3 is 6.36 Å². The predicted molar refractivity (Wildman–Crippen MR) is 102 cm³/mol. The molecule has 0 saturated heterocycles. The molecule has 5 heteroatoms. The monoisotopic (exact) mass is 394 g/mol. The molecule has 0 radical (unpaired) electrons. The van der Waals surface area contributed by atoms with Crippen LogP contribution < -0.4 is 4.74 Å². The summed E-state index contributed by atoms with van der Waals surface area (Å²) in [5.74, 6) is -0.308. The largest absolute Gasteiger partial charge is 0.573 e. The van der Waals surface area contributed by atoms with Crippen molar-refractivity contribution in [2.45, 2.75) is 70.6 Å². The minimum atomic E-state index is -4.69. The van der Waals surface area contributed by atoms with Crippen LogP contribution in [0.1, 0.15) is 67.2 Å². The summed E-state index contributed by atoms with van der Waals surface area (Å²) in [5.41, 5.74) is 3.56. The summed E-state index contributed by atoms with van der Waals surface area (Å²) in [6.45, 7) is 2.17. The smallest absolute Gasteiger partial charge is 0.406 e. The first-order valence-corrected chi connectivity index (χ1v) is 10.0. The Morgan fingerprint density at radius 2 is 1.82 bits per heavy atom. The molecule has 1 unspecified atom stereocenters. The van der Waals surface area contributed by atoms with Gasteiger partial charge in [0.2, 0.25) is 0 Å². The molecule has 0 heterocycles. The number of hydrogen-bond acceptors (Lipinski definition) is 1. The topological polar surface area (TPSA) is 9.23 Å². The standard InChI is InChI=1S/C23H26F4O/c1-2-3-4-5-6-16-7-12-21(22(24)13-16)19-9-8-18-15-20(28-23(25,26)27)11-10-17(18)14-19/h7,10-13,15,19H,2-6,8-9,14H2,1H3. The SMILES string of the molecule is CCCCCCc1ccc(C2CCc3cc(OC(F)(F)F)ccc3C2)c(F)c1. The fourth-order valence-electron chi connectivity index (χ4n) is 4.01. The van der Waals surface area contributed by atoms with Crippen LogP contribution in [0.2, 0.25) is 0 Å². The van der Waals surface area contributed by atoms with Crippen LogP contribution in [0.4, 0.5) is 17.6 Å². The Morgan fingerprint density at radius 1 is 1.00 bits per heavy atom. The fraction of sp³-hybridized carbons (Fsp3) is 0.478. The van der Waals surface area contributed by atoms with E-state index in [0.29, 0.717) is 18.4 Å². The normalized spacial score (nSPS) is 16.7. The van der Waals surface area contributed by atoms with E-state index in [-0.39, 0.29) is 17.5 Å². The van der Waals surface area contributed by atoms with Crippen LogP contribution in [-0.4, -0.2) is 6.36 Å². The molecule has 152 valence electrons. The van der Waals surface area contributed by atoms with Gasteiger partial charge in [0.05, 0.1) is 0 Å². The second kappa shape index (κ2) is 8.97. The van der Waals surface area contributed by atoms with E-state index in [1.165, 1.54) is 31.4 Å². The molecule has 2 aromatic carbocycles. The molecule has 0 spiro atoms. The first-order chi connectivity index (χ1) is 13.4. The van der Waals surface area contributed by atoms with Crippen LogP contribution in [0.15, 0.2) is 36.4 Å². The number of benzene rings is 2. The minimum absolute atomic E-state index is 0.0519. The second-order valence-corrected chi connectivity index (χ2v) is 7.58. The van der Waals surface area contributed by atoms with Crippen molar-refractivity contribution in [3.8, 4) is 5.75 Å². The maximum absolute atomic E-state index is 14.7. The van der Waals surface area contributed by atoms with Crippen molar-refractivity contribution in [2.24, 2.45) is 0 Å². The number of hydrogen-bond donors (Lipinski definition) is 0. The Labute approximate surface area is 163 Å². The van der Waals surface area contributed by atoms with Gasteiger partial charge in [-0.25, -0.2) is 4.39 Å². The van der Waals surface area contributed by atoms with Crippen molar-refractivity contribution >= 4 is 0 Å². The maximum atomic E-state index is 14.7. The quantitative estimate of drug-likeness (QED) is 0.359. The number of rotatable bonds is 7. The summed E-state index contributed by atoms with van der Waals surface area (Å²) in [7, 11) is 0. The van der Waals surface area contributed by atoms with Crippen molar-refractivity contribution in [2.75, 3.05) is 0 Å². The number of ether oxygens (including phenoxy) is 1. The van der Waals surface area contributed by atoms with Gasteiger partial charge in [0.25, 0.3) is 0 Å². The minimum Gasteiger partial charge on any atom is -0.406 e. The third-order valence-corrected chi connectivity index (χ3v) is 5.46. The van der Waals surface area contributed by atoms with E-state index >= 15 is 0 Å². The molecule has 0 aliphatic heterocycles. The number of aryl methyl sites for hydroxylation is 2. The van der Waals surface area contributed by atoms with Gasteiger partial charge in [-0.15, -0.1) is 13.2 Å². The second-order valence-electron chi connectivity index (χ2n) is 7.58. The molecule has 0 saturated carbocycles. The predicted octanol–water partition coefficient (Wildman–Crippen LogP) is 7.12. The lowest BCUT2D eigenvalue weighted by Gasteiger charge is -2.26. The van der Waals surface area contributed by atoms with Gasteiger partial charge in [-0.1, -0.05) is 44.4 Å². The molecule has 0 fully saturated rings. The fourth-order valence-corrected chi connectivity index (χ4v) is 4.01. The van der Waals surface area contributed by atoms with Crippen molar-refractivity contribution in [3.63, 3.8) is 0 Å². The Balaban J connectivity index is 1.66. The van der Waals surface area contributed by atoms with Crippen LogP contribution in [-0.2, 0) is 19.3 Å². The molecule has 1 nitrogen and oxygen atoms in total. The molecule has 2 aromatic rings. The average molecular weight is 394 g/mol. The van der Waals surface area contributed by atoms with Gasteiger partial charge in [-0.05, 0) is 78.5 Å². The number of alkyl halides is 3. The van der Waals surface area contributed by atoms with Crippen LogP contribution >= 0.6 is 0 Å². The summed E-state index contributed by atoms with van der Waals surface area (Å²) < 4.78 is 55.8. The zero-order valence-corrected chi connectivity index (χ0v) is 16.1. The van der Waals surface area contributed by atoms with Crippen molar-refractivity contribution in [3.05, 3.63) is 64.5 Å². The first-order valence-electron chi connectivity index (χ1n) is 10.0. The van der Waals surface area contributed by atoms with Crippen molar-refractivity contribution < 1.29 is 22.3 Å². The molecule has 1 aliphatic carbocycles. The van der Waals surface area contributed by atoms with Crippen LogP contribution in [0, 0.1) is 5.82 Å². The first kappa shape index (κ1) is 20.7. The molecule has 3 rings (SSSR count). The highest BCUT2D eigenvalue weighted by molar-refractivity contribution is 5.40. The van der Waals surface area contributed by atoms with E-state index in [0.717, 1.165) is 36.0 Å². The third kappa shape index (κ3) is 5.49. The molecule has 1 atom stereocenters. The summed E-state index contributed by atoms with van der Waals surface area (Å²) in [4.78, 5) is 0. The Hall–Kier alpha value is -2.04. The summed E-state index contributed by atoms with van der Waals surface area (Å²) >= 11 is 0. The molecule has 0 bridgehead atoms. The number of unbranched alkanes of at least 4 members (excludes halogenated alkanes) is 3. The van der Waals surface area contributed by atoms with E-state index in [1.54, 1.807) is 12.1 Å². The van der Waals surface area contributed by atoms with E-state index in [9.17, 15) is 17.6 Å². The number of fused-ring (bicyclic) bond motifs is 1. The number of halogens is 4. The molecular formula is C23H26F4O. The highest BCUT2D eigenvalue weighted by Crippen LogP contribution is 2.36. The lowest BCUT2D eigenvalue weighted by atomic mass is 9.79. The maximum Gasteiger partial charge on any atom is 0.573 e. The Morgan fingerprint density at radius 3 is 2.54 bits per heavy atom. The Bertz CT molecular complexity index is 798. The molecule has 0 aromatic heterocycles. The molecule has 0 N–H and O–H groups in total. The molecular weight excluding hydrogens is 368 g/mol. The Kier molecular flexibility index (Phi) is 6.63. The lowest BCUT2D eigenvalue weighted by molar-refractivity contribution is -0.274. The molecule has 28 heavy (non-hydrogen) atoms. The van der Waals surface area contributed by atoms with Crippen LogP contribution in [0.25, 0.3) is 0 Å². The van der Waals surface area contributed by atoms with E-state index in [4.69, 9.17) is 0 Å². The average Bonchev–Trinajstić information content (AvgIpc) is 2.64. The van der Waals surface area contributed by atoms with Gasteiger partial charge in [-0.2, -0.15) is 0 Å². The van der Waals surface area contributed by atoms with E-state index in [1.807, 2.05) is 12.1 Å². The summed E-state index contributed by atoms with van der Waals surface area (Å²) in [6.07, 6.45) is 2.81. The van der Waals surface area contributed by atoms with Crippen molar-refractivity contribution in [1.82, 2.24) is 0 Å². The van der Waals surface area contributed by atoms with E-state index < -0.39 is 6.36 Å². The van der Waals surface area contributed by atoms with Gasteiger partial charge in [0.1, 0.15) is 11.6 Å². The zero-order valence-electron chi connectivity index (χ0n) is 16.1. The van der Waals surface area contributed by atoms with Crippen LogP contribution in [0.3, 0.4) is 0 Å².